The van der Waals surface area contributed by atoms with Gasteiger partial charge in [0.25, 0.3) is 11.5 Å². The van der Waals surface area contributed by atoms with Gasteiger partial charge < -0.3 is 14.9 Å². The summed E-state index contributed by atoms with van der Waals surface area (Å²) in [6, 6.07) is 9.29. The molecule has 122 valence electrons. The minimum atomic E-state index is -0.135. The molecule has 0 aliphatic heterocycles. The average Bonchev–Trinajstić information content (AvgIpc) is 3.11. The Bertz CT molecular complexity index is 980. The van der Waals surface area contributed by atoms with Gasteiger partial charge in [-0.15, -0.1) is 0 Å². The molecule has 0 aliphatic rings. The number of fused-ring (bicyclic) bond motifs is 1. The van der Waals surface area contributed by atoms with Crippen molar-refractivity contribution in [3.63, 3.8) is 0 Å². The van der Waals surface area contributed by atoms with Crippen molar-refractivity contribution in [2.45, 2.75) is 13.5 Å². The van der Waals surface area contributed by atoms with Crippen LogP contribution in [0.5, 0.6) is 0 Å². The van der Waals surface area contributed by atoms with Crippen LogP contribution in [0.1, 0.15) is 17.3 Å². The molecule has 2 heterocycles. The molecular formula is C19H19N3O2. The average molecular weight is 321 g/mol. The van der Waals surface area contributed by atoms with Crippen LogP contribution < -0.4 is 10.9 Å². The molecule has 1 amide bonds. The molecule has 0 spiro atoms. The van der Waals surface area contributed by atoms with Crippen LogP contribution in [0.2, 0.25) is 0 Å². The smallest absolute Gasteiger partial charge is 0.275 e. The van der Waals surface area contributed by atoms with Crippen molar-refractivity contribution >= 4 is 16.8 Å². The standard InChI is InChI=1S/C19H19N3O2/c1-3-4-10-22-12-16(15-8-9-21-17(15)19(22)24)13-6-5-7-14(11-13)18(23)20-2/h3-9,11-12,21H,10H2,1-2H3,(H,20,23)/b4-3+. The molecule has 0 bridgehead atoms. The predicted molar refractivity (Wildman–Crippen MR) is 96.2 cm³/mol. The molecular weight excluding hydrogens is 302 g/mol. The number of benzene rings is 1. The zero-order chi connectivity index (χ0) is 17.1. The summed E-state index contributed by atoms with van der Waals surface area (Å²) in [6.45, 7) is 2.43. The number of nitrogens with zero attached hydrogens (tertiary/aromatic N) is 1. The summed E-state index contributed by atoms with van der Waals surface area (Å²) in [5.41, 5.74) is 2.92. The second-order valence-corrected chi connectivity index (χ2v) is 5.50. The van der Waals surface area contributed by atoms with E-state index in [2.05, 4.69) is 10.3 Å². The van der Waals surface area contributed by atoms with Crippen molar-refractivity contribution in [2.75, 3.05) is 7.05 Å². The molecule has 2 aromatic heterocycles. The summed E-state index contributed by atoms with van der Waals surface area (Å²) in [7, 11) is 1.61. The summed E-state index contributed by atoms with van der Waals surface area (Å²) >= 11 is 0. The van der Waals surface area contributed by atoms with E-state index in [4.69, 9.17) is 0 Å². The summed E-state index contributed by atoms with van der Waals surface area (Å²) in [5.74, 6) is -0.135. The number of aromatic amines is 1. The van der Waals surface area contributed by atoms with Gasteiger partial charge >= 0.3 is 0 Å². The van der Waals surface area contributed by atoms with E-state index in [1.54, 1.807) is 23.9 Å². The van der Waals surface area contributed by atoms with E-state index in [9.17, 15) is 9.59 Å². The monoisotopic (exact) mass is 321 g/mol. The molecule has 1 aromatic carbocycles. The SMILES string of the molecule is C/C=C/Cn1cc(-c2cccc(C(=O)NC)c2)c2cc[nH]c2c1=O. The molecule has 0 saturated heterocycles. The fourth-order valence-electron chi connectivity index (χ4n) is 2.76. The van der Waals surface area contributed by atoms with Gasteiger partial charge in [-0.2, -0.15) is 0 Å². The lowest BCUT2D eigenvalue weighted by molar-refractivity contribution is 0.0963. The highest BCUT2D eigenvalue weighted by Crippen LogP contribution is 2.27. The molecule has 5 nitrogen and oxygen atoms in total. The quantitative estimate of drug-likeness (QED) is 0.726. The van der Waals surface area contributed by atoms with Gasteiger partial charge in [0.15, 0.2) is 0 Å². The molecule has 0 saturated carbocycles. The third-order valence-corrected chi connectivity index (χ3v) is 4.00. The van der Waals surface area contributed by atoms with Gasteiger partial charge in [0.05, 0.1) is 0 Å². The van der Waals surface area contributed by atoms with E-state index in [1.807, 2.05) is 49.5 Å². The number of rotatable bonds is 4. The first kappa shape index (κ1) is 15.8. The summed E-state index contributed by atoms with van der Waals surface area (Å²) in [5, 5.41) is 3.48. The van der Waals surface area contributed by atoms with Crippen molar-refractivity contribution < 1.29 is 4.79 Å². The molecule has 5 heteroatoms. The highest BCUT2D eigenvalue weighted by Gasteiger charge is 2.12. The molecule has 0 aliphatic carbocycles. The first-order valence-corrected chi connectivity index (χ1v) is 7.80. The number of carbonyl (C=O) groups excluding carboxylic acids is 1. The summed E-state index contributed by atoms with van der Waals surface area (Å²) in [4.78, 5) is 27.5. The molecule has 0 radical (unpaired) electrons. The van der Waals surface area contributed by atoms with Crippen molar-refractivity contribution in [1.82, 2.24) is 14.9 Å². The van der Waals surface area contributed by atoms with Crippen molar-refractivity contribution in [1.29, 1.82) is 0 Å². The van der Waals surface area contributed by atoms with E-state index >= 15 is 0 Å². The first-order chi connectivity index (χ1) is 11.7. The maximum atomic E-state index is 12.5. The van der Waals surface area contributed by atoms with Gasteiger partial charge in [-0.05, 0) is 30.7 Å². The number of hydrogen-bond donors (Lipinski definition) is 2. The van der Waals surface area contributed by atoms with Crippen LogP contribution in [0.3, 0.4) is 0 Å². The molecule has 0 fully saturated rings. The zero-order valence-corrected chi connectivity index (χ0v) is 13.7. The van der Waals surface area contributed by atoms with Crippen LogP contribution in [0.25, 0.3) is 22.0 Å². The number of amides is 1. The molecule has 0 atom stereocenters. The minimum absolute atomic E-state index is 0.0562. The second-order valence-electron chi connectivity index (χ2n) is 5.50. The lowest BCUT2D eigenvalue weighted by Crippen LogP contribution is -2.20. The number of carbonyl (C=O) groups is 1. The Hall–Kier alpha value is -3.08. The largest absolute Gasteiger partial charge is 0.357 e. The fourth-order valence-corrected chi connectivity index (χ4v) is 2.76. The van der Waals surface area contributed by atoms with E-state index < -0.39 is 0 Å². The number of H-pyrrole nitrogens is 1. The normalized spacial score (nSPS) is 11.2. The number of hydrogen-bond acceptors (Lipinski definition) is 2. The maximum Gasteiger partial charge on any atom is 0.275 e. The van der Waals surface area contributed by atoms with Crippen LogP contribution in [-0.4, -0.2) is 22.5 Å². The van der Waals surface area contributed by atoms with E-state index in [1.165, 1.54) is 0 Å². The van der Waals surface area contributed by atoms with E-state index in [0.717, 1.165) is 16.5 Å². The third kappa shape index (κ3) is 2.76. The first-order valence-electron chi connectivity index (χ1n) is 7.80. The van der Waals surface area contributed by atoms with Crippen molar-refractivity contribution in [3.05, 3.63) is 70.8 Å². The zero-order valence-electron chi connectivity index (χ0n) is 13.7. The van der Waals surface area contributed by atoms with Crippen LogP contribution >= 0.6 is 0 Å². The van der Waals surface area contributed by atoms with Gasteiger partial charge in [-0.25, -0.2) is 0 Å². The van der Waals surface area contributed by atoms with Crippen molar-refractivity contribution in [3.8, 4) is 11.1 Å². The lowest BCUT2D eigenvalue weighted by Gasteiger charge is -2.10. The van der Waals surface area contributed by atoms with Crippen LogP contribution in [0, 0.1) is 0 Å². The van der Waals surface area contributed by atoms with Gasteiger partial charge in [-0.1, -0.05) is 24.3 Å². The van der Waals surface area contributed by atoms with E-state index in [0.29, 0.717) is 17.6 Å². The van der Waals surface area contributed by atoms with Gasteiger partial charge in [-0.3, -0.25) is 9.59 Å². The Labute approximate surface area is 139 Å². The van der Waals surface area contributed by atoms with Crippen LogP contribution in [-0.2, 0) is 6.54 Å². The molecule has 3 aromatic rings. The van der Waals surface area contributed by atoms with Crippen LogP contribution in [0.4, 0.5) is 0 Å². The molecule has 2 N–H and O–H groups in total. The van der Waals surface area contributed by atoms with Gasteiger partial charge in [0, 0.05) is 42.5 Å². The Kier molecular flexibility index (Phi) is 4.33. The third-order valence-electron chi connectivity index (χ3n) is 4.00. The lowest BCUT2D eigenvalue weighted by atomic mass is 10.0. The number of nitrogens with one attached hydrogen (secondary N) is 2. The summed E-state index contributed by atoms with van der Waals surface area (Å²) in [6.07, 6.45) is 7.46. The highest BCUT2D eigenvalue weighted by molar-refractivity contribution is 5.98. The number of aromatic nitrogens is 2. The minimum Gasteiger partial charge on any atom is -0.357 e. The van der Waals surface area contributed by atoms with Gasteiger partial charge in [0.1, 0.15) is 5.52 Å². The summed E-state index contributed by atoms with van der Waals surface area (Å²) < 4.78 is 1.67. The Morgan fingerprint density at radius 1 is 1.33 bits per heavy atom. The maximum absolute atomic E-state index is 12.5. The Morgan fingerprint density at radius 2 is 2.17 bits per heavy atom. The van der Waals surface area contributed by atoms with Gasteiger partial charge in [0.2, 0.25) is 0 Å². The van der Waals surface area contributed by atoms with Crippen molar-refractivity contribution in [2.24, 2.45) is 0 Å². The molecule has 3 rings (SSSR count). The second kappa shape index (κ2) is 6.58. The predicted octanol–water partition coefficient (Wildman–Crippen LogP) is 2.93. The topological polar surface area (TPSA) is 66.9 Å². The van der Waals surface area contributed by atoms with Crippen LogP contribution in [0.15, 0.2) is 59.7 Å². The fraction of sp³-hybridized carbons (Fsp3) is 0.158. The number of allylic oxidation sites excluding steroid dienone is 2. The number of pyridine rings is 1. The highest BCUT2D eigenvalue weighted by atomic mass is 16.1. The Morgan fingerprint density at radius 3 is 2.92 bits per heavy atom. The molecule has 0 unspecified atom stereocenters. The van der Waals surface area contributed by atoms with E-state index in [-0.39, 0.29) is 11.5 Å². The molecule has 24 heavy (non-hydrogen) atoms. The Balaban J connectivity index is 2.22.